The highest BCUT2D eigenvalue weighted by atomic mass is 35.5. The summed E-state index contributed by atoms with van der Waals surface area (Å²) in [7, 11) is 1.70. The number of hydrogen-bond donors (Lipinski definition) is 3. The van der Waals surface area contributed by atoms with E-state index in [1.54, 1.807) is 17.9 Å². The normalized spacial score (nSPS) is 24.5. The molecule has 2 unspecified atom stereocenters. The fraction of sp³-hybridized carbons (Fsp3) is 0.481. The van der Waals surface area contributed by atoms with Crippen LogP contribution in [0.5, 0.6) is 0 Å². The molecule has 0 aliphatic heterocycles. The molecule has 2 heterocycles. The van der Waals surface area contributed by atoms with E-state index in [9.17, 15) is 27.9 Å². The second kappa shape index (κ2) is 9.91. The van der Waals surface area contributed by atoms with Crippen LogP contribution in [0.2, 0.25) is 5.02 Å². The Morgan fingerprint density at radius 3 is 2.48 bits per heavy atom. The number of hydrogen-bond acceptors (Lipinski definition) is 5. The Balaban J connectivity index is 1.35. The molecular formula is C27H30ClF3N6O3. The summed E-state index contributed by atoms with van der Waals surface area (Å²) in [6.07, 6.45) is 1.61. The molecule has 2 aromatic heterocycles. The summed E-state index contributed by atoms with van der Waals surface area (Å²) < 4.78 is 44.2. The number of fused-ring (bicyclic) bond motifs is 1. The molecular weight excluding hydrogens is 549 g/mol. The number of rotatable bonds is 7. The van der Waals surface area contributed by atoms with Gasteiger partial charge in [-0.25, -0.2) is 18.2 Å². The number of carbonyl (C=O) groups excluding carboxylic acids is 2. The van der Waals surface area contributed by atoms with Crippen LogP contribution >= 0.6 is 11.6 Å². The number of aromatic nitrogens is 4. The predicted molar refractivity (Wildman–Crippen MR) is 140 cm³/mol. The number of nitrogens with one attached hydrogen (secondary N) is 1. The third kappa shape index (κ3) is 4.77. The number of benzene rings is 1. The van der Waals surface area contributed by atoms with E-state index in [4.69, 9.17) is 17.3 Å². The van der Waals surface area contributed by atoms with Crippen molar-refractivity contribution in [1.29, 1.82) is 0 Å². The third-order valence-corrected chi connectivity index (χ3v) is 8.70. The smallest absolute Gasteiger partial charge is 0.282 e. The maximum absolute atomic E-state index is 14.0. The van der Waals surface area contributed by atoms with E-state index in [0.717, 1.165) is 4.68 Å². The first-order chi connectivity index (χ1) is 18.7. The van der Waals surface area contributed by atoms with Gasteiger partial charge in [0, 0.05) is 30.4 Å². The average Bonchev–Trinajstić information content (AvgIpc) is 3.62. The first-order valence-corrected chi connectivity index (χ1v) is 13.3. The lowest BCUT2D eigenvalue weighted by atomic mass is 9.87. The van der Waals surface area contributed by atoms with Crippen LogP contribution in [0.1, 0.15) is 79.3 Å². The Hall–Kier alpha value is -3.38. The summed E-state index contributed by atoms with van der Waals surface area (Å²) in [6.45, 7) is 2.95. The highest BCUT2D eigenvalue weighted by Gasteiger charge is 2.52. The molecule has 2 atom stereocenters. The van der Waals surface area contributed by atoms with E-state index in [2.05, 4.69) is 15.4 Å². The van der Waals surface area contributed by atoms with Gasteiger partial charge in [0.15, 0.2) is 0 Å². The van der Waals surface area contributed by atoms with Gasteiger partial charge < -0.3 is 20.7 Å². The molecule has 5 rings (SSSR count). The zero-order chi connectivity index (χ0) is 29.1. The lowest BCUT2D eigenvalue weighted by Crippen LogP contribution is -2.41. The van der Waals surface area contributed by atoms with Crippen molar-refractivity contribution < 1.29 is 27.9 Å². The topological polar surface area (TPSA) is 128 Å². The van der Waals surface area contributed by atoms with Crippen molar-refractivity contribution in [2.24, 2.45) is 24.6 Å². The number of primary amides is 1. The molecule has 214 valence electrons. The number of alkyl halides is 2. The highest BCUT2D eigenvalue weighted by Crippen LogP contribution is 2.57. The Bertz CT molecular complexity index is 1470. The lowest BCUT2D eigenvalue weighted by Gasteiger charge is -2.25. The number of anilines is 1. The van der Waals surface area contributed by atoms with Crippen molar-refractivity contribution in [2.45, 2.75) is 63.0 Å². The summed E-state index contributed by atoms with van der Waals surface area (Å²) in [6, 6.07) is 3.90. The van der Waals surface area contributed by atoms with Gasteiger partial charge in [-0.15, -0.1) is 0 Å². The Morgan fingerprint density at radius 1 is 1.25 bits per heavy atom. The Morgan fingerprint density at radius 2 is 1.90 bits per heavy atom. The van der Waals surface area contributed by atoms with Crippen molar-refractivity contribution in [3.05, 3.63) is 64.2 Å². The minimum atomic E-state index is -2.94. The van der Waals surface area contributed by atoms with E-state index in [1.165, 1.54) is 38.2 Å². The average molecular weight is 579 g/mol. The third-order valence-electron chi connectivity index (χ3n) is 8.41. The van der Waals surface area contributed by atoms with Crippen molar-refractivity contribution in [3.8, 4) is 0 Å². The first kappa shape index (κ1) is 28.2. The zero-order valence-electron chi connectivity index (χ0n) is 22.2. The number of imidazole rings is 1. The summed E-state index contributed by atoms with van der Waals surface area (Å²) in [5.74, 6) is -1.83. The molecule has 3 aromatic rings. The summed E-state index contributed by atoms with van der Waals surface area (Å²) in [4.78, 5) is 29.6. The number of amides is 2. The number of aliphatic hydroxyl groups is 1. The predicted octanol–water partition coefficient (Wildman–Crippen LogP) is 4.61. The van der Waals surface area contributed by atoms with E-state index in [1.807, 2.05) is 0 Å². The van der Waals surface area contributed by atoms with Crippen LogP contribution in [0.4, 0.5) is 18.9 Å². The molecule has 4 N–H and O–H groups in total. The van der Waals surface area contributed by atoms with Gasteiger partial charge in [-0.05, 0) is 69.6 Å². The molecule has 13 heteroatoms. The molecule has 0 saturated heterocycles. The fourth-order valence-corrected chi connectivity index (χ4v) is 6.38. The second-order valence-electron chi connectivity index (χ2n) is 11.4. The SMILES string of the molecule is Cn1cnc(C2CC3CC(O)(c4cn(C(C)(C)C(N)=O)nc4C(F)F)CC3C2)c1C(=O)Nc1ccc(F)c(Cl)c1. The van der Waals surface area contributed by atoms with Crippen molar-refractivity contribution in [1.82, 2.24) is 19.3 Å². The molecule has 0 radical (unpaired) electrons. The van der Waals surface area contributed by atoms with Crippen LogP contribution in [0, 0.1) is 17.7 Å². The lowest BCUT2D eigenvalue weighted by molar-refractivity contribution is -0.125. The second-order valence-corrected chi connectivity index (χ2v) is 11.8. The van der Waals surface area contributed by atoms with Gasteiger partial charge in [0.1, 0.15) is 22.7 Å². The van der Waals surface area contributed by atoms with Crippen molar-refractivity contribution in [2.75, 3.05) is 5.32 Å². The monoisotopic (exact) mass is 578 g/mol. The Kier molecular flexibility index (Phi) is 6.98. The minimum Gasteiger partial charge on any atom is -0.385 e. The number of aryl methyl sites for hydroxylation is 1. The molecule has 40 heavy (non-hydrogen) atoms. The maximum atomic E-state index is 14.0. The molecule has 2 aliphatic rings. The number of halogens is 4. The van der Waals surface area contributed by atoms with Crippen LogP contribution in [-0.2, 0) is 23.0 Å². The summed E-state index contributed by atoms with van der Waals surface area (Å²) >= 11 is 5.84. The molecule has 2 aliphatic carbocycles. The van der Waals surface area contributed by atoms with Crippen molar-refractivity contribution in [3.63, 3.8) is 0 Å². The molecule has 0 bridgehead atoms. The van der Waals surface area contributed by atoms with E-state index in [-0.39, 0.29) is 41.2 Å². The van der Waals surface area contributed by atoms with Gasteiger partial charge in [0.05, 0.1) is 22.6 Å². The van der Waals surface area contributed by atoms with Gasteiger partial charge in [-0.3, -0.25) is 14.3 Å². The van der Waals surface area contributed by atoms with Crippen LogP contribution < -0.4 is 11.1 Å². The van der Waals surface area contributed by atoms with Crippen LogP contribution in [0.3, 0.4) is 0 Å². The van der Waals surface area contributed by atoms with E-state index in [0.29, 0.717) is 29.9 Å². The standard InChI is InChI=1S/C27H30ClF3N6O3/c1-26(2,25(32)39)37-11-17(21(35-37)23(30)31)27(40)9-14-6-13(7-15(14)10-27)20-22(36(3)12-33-20)24(38)34-16-4-5-19(29)18(28)8-16/h4-5,8,11-15,23,40H,6-7,9-10H2,1-3H3,(H2,32,39)(H,34,38). The van der Waals surface area contributed by atoms with Crippen LogP contribution in [-0.4, -0.2) is 36.3 Å². The molecule has 2 amide bonds. The molecule has 9 nitrogen and oxygen atoms in total. The molecule has 1 aromatic carbocycles. The van der Waals surface area contributed by atoms with Gasteiger partial charge in [0.25, 0.3) is 12.3 Å². The maximum Gasteiger partial charge on any atom is 0.282 e. The minimum absolute atomic E-state index is 0.00171. The number of carbonyl (C=O) groups is 2. The molecule has 0 spiro atoms. The largest absolute Gasteiger partial charge is 0.385 e. The van der Waals surface area contributed by atoms with Crippen LogP contribution in [0.25, 0.3) is 0 Å². The van der Waals surface area contributed by atoms with Crippen LogP contribution in [0.15, 0.2) is 30.7 Å². The number of nitrogens with zero attached hydrogens (tertiary/aromatic N) is 4. The van der Waals surface area contributed by atoms with E-state index < -0.39 is 40.9 Å². The summed E-state index contributed by atoms with van der Waals surface area (Å²) in [5.41, 5.74) is 3.32. The summed E-state index contributed by atoms with van der Waals surface area (Å²) in [5, 5.41) is 18.2. The quantitative estimate of drug-likeness (QED) is 0.377. The van der Waals surface area contributed by atoms with Crippen molar-refractivity contribution >= 4 is 29.1 Å². The van der Waals surface area contributed by atoms with Gasteiger partial charge in [0.2, 0.25) is 5.91 Å². The van der Waals surface area contributed by atoms with E-state index >= 15 is 0 Å². The zero-order valence-corrected chi connectivity index (χ0v) is 22.9. The van der Waals surface area contributed by atoms with Gasteiger partial charge in [-0.1, -0.05) is 11.6 Å². The fourth-order valence-electron chi connectivity index (χ4n) is 6.20. The molecule has 2 fully saturated rings. The highest BCUT2D eigenvalue weighted by molar-refractivity contribution is 6.31. The number of nitrogens with two attached hydrogens (primary N) is 1. The Labute approximate surface area is 233 Å². The van der Waals surface area contributed by atoms with Gasteiger partial charge >= 0.3 is 0 Å². The van der Waals surface area contributed by atoms with Gasteiger partial charge in [-0.2, -0.15) is 5.10 Å². The first-order valence-electron chi connectivity index (χ1n) is 12.9. The molecule has 2 saturated carbocycles.